The molecule has 0 saturated carbocycles. The minimum atomic E-state index is 0.528. The lowest BCUT2D eigenvalue weighted by atomic mass is 9.99. The first-order valence-corrected chi connectivity index (χ1v) is 8.86. The van der Waals surface area contributed by atoms with Crippen molar-refractivity contribution >= 4 is 0 Å². The molecule has 2 aliphatic heterocycles. The molecule has 5 heteroatoms. The number of nitrogens with zero attached hydrogens (tertiary/aromatic N) is 3. The fourth-order valence-corrected chi connectivity index (χ4v) is 4.07. The Morgan fingerprint density at radius 3 is 2.62 bits per heavy atom. The van der Waals surface area contributed by atoms with Crippen LogP contribution in [0.25, 0.3) is 0 Å². The number of furan rings is 1. The van der Waals surface area contributed by atoms with E-state index in [2.05, 4.69) is 33.0 Å². The molecule has 2 aliphatic rings. The summed E-state index contributed by atoms with van der Waals surface area (Å²) in [4.78, 5) is 9.40. The summed E-state index contributed by atoms with van der Waals surface area (Å²) >= 11 is 0. The van der Waals surface area contributed by atoms with Crippen LogP contribution in [0.3, 0.4) is 0 Å². The largest absolute Gasteiger partial charge is 0.472 e. The van der Waals surface area contributed by atoms with E-state index in [9.17, 15) is 0 Å². The highest BCUT2D eigenvalue weighted by Gasteiger charge is 2.38. The van der Waals surface area contributed by atoms with Gasteiger partial charge in [-0.15, -0.1) is 0 Å². The molecule has 0 aromatic carbocycles. The van der Waals surface area contributed by atoms with Gasteiger partial charge in [0.2, 0.25) is 0 Å². The Labute approximate surface area is 143 Å². The molecule has 0 N–H and O–H groups in total. The molecule has 2 aromatic rings. The van der Waals surface area contributed by atoms with Crippen molar-refractivity contribution in [2.45, 2.75) is 31.5 Å². The number of hydrogen-bond donors (Lipinski definition) is 0. The zero-order valence-corrected chi connectivity index (χ0v) is 14.0. The average molecular weight is 327 g/mol. The van der Waals surface area contributed by atoms with Crippen LogP contribution in [-0.2, 0) is 17.7 Å². The summed E-state index contributed by atoms with van der Waals surface area (Å²) in [5.41, 5.74) is 2.63. The van der Waals surface area contributed by atoms with E-state index in [-0.39, 0.29) is 0 Å². The van der Waals surface area contributed by atoms with Crippen LogP contribution >= 0.6 is 0 Å². The van der Waals surface area contributed by atoms with Gasteiger partial charge < -0.3 is 9.15 Å². The van der Waals surface area contributed by atoms with E-state index >= 15 is 0 Å². The lowest BCUT2D eigenvalue weighted by molar-refractivity contribution is 0.00788. The van der Waals surface area contributed by atoms with Crippen LogP contribution in [0.15, 0.2) is 47.5 Å². The average Bonchev–Trinajstić information content (AvgIpc) is 3.28. The van der Waals surface area contributed by atoms with E-state index in [1.807, 2.05) is 18.7 Å². The first-order valence-electron chi connectivity index (χ1n) is 8.86. The summed E-state index contributed by atoms with van der Waals surface area (Å²) in [6.45, 7) is 5.94. The molecule has 4 rings (SSSR count). The van der Waals surface area contributed by atoms with Gasteiger partial charge in [-0.2, -0.15) is 0 Å². The van der Waals surface area contributed by atoms with Crippen LogP contribution in [0, 0.1) is 0 Å². The molecular formula is C19H25N3O2. The molecule has 24 heavy (non-hydrogen) atoms. The second-order valence-electron chi connectivity index (χ2n) is 6.73. The van der Waals surface area contributed by atoms with Crippen molar-refractivity contribution in [3.05, 3.63) is 54.2 Å². The third kappa shape index (κ3) is 3.53. The van der Waals surface area contributed by atoms with Gasteiger partial charge >= 0.3 is 0 Å². The van der Waals surface area contributed by atoms with Gasteiger partial charge in [-0.25, -0.2) is 0 Å². The Balaban J connectivity index is 1.52. The zero-order chi connectivity index (χ0) is 16.2. The van der Waals surface area contributed by atoms with Crippen molar-refractivity contribution in [3.8, 4) is 0 Å². The summed E-state index contributed by atoms with van der Waals surface area (Å²) in [7, 11) is 0. The molecular weight excluding hydrogens is 302 g/mol. The molecule has 0 aliphatic carbocycles. The van der Waals surface area contributed by atoms with Gasteiger partial charge in [0, 0.05) is 56.2 Å². The smallest absolute Gasteiger partial charge is 0.0947 e. The van der Waals surface area contributed by atoms with Gasteiger partial charge in [0.05, 0.1) is 25.7 Å². The highest BCUT2D eigenvalue weighted by Crippen LogP contribution is 2.28. The van der Waals surface area contributed by atoms with E-state index in [0.717, 1.165) is 45.8 Å². The van der Waals surface area contributed by atoms with Gasteiger partial charge in [-0.05, 0) is 36.6 Å². The lowest BCUT2D eigenvalue weighted by Crippen LogP contribution is -2.50. The Bertz CT molecular complexity index is 611. The standard InChI is InChI=1S/C19H25N3O2/c1-5-20-6-2-16(1)13-19-18(21-8-11-23-12-9-21)3-7-22(19)14-17-4-10-24-15-17/h1-2,4-6,10,15,18-19H,3,7-9,11-14H2/t18-,19+/m1/s1. The molecule has 2 atom stereocenters. The van der Waals surface area contributed by atoms with Gasteiger partial charge in [-0.3, -0.25) is 14.8 Å². The highest BCUT2D eigenvalue weighted by molar-refractivity contribution is 5.15. The molecule has 5 nitrogen and oxygen atoms in total. The normalized spacial score (nSPS) is 26.0. The monoisotopic (exact) mass is 327 g/mol. The number of rotatable bonds is 5. The molecule has 0 radical (unpaired) electrons. The Hall–Kier alpha value is -1.69. The zero-order valence-electron chi connectivity index (χ0n) is 14.0. The van der Waals surface area contributed by atoms with Crippen LogP contribution in [-0.4, -0.2) is 59.7 Å². The second-order valence-corrected chi connectivity index (χ2v) is 6.73. The van der Waals surface area contributed by atoms with Crippen LogP contribution < -0.4 is 0 Å². The van der Waals surface area contributed by atoms with Crippen LogP contribution in [0.5, 0.6) is 0 Å². The van der Waals surface area contributed by atoms with Crippen LogP contribution in [0.4, 0.5) is 0 Å². The summed E-state index contributed by atoms with van der Waals surface area (Å²) in [5.74, 6) is 0. The highest BCUT2D eigenvalue weighted by atomic mass is 16.5. The number of pyridine rings is 1. The third-order valence-corrected chi connectivity index (χ3v) is 5.30. The van der Waals surface area contributed by atoms with E-state index in [1.54, 1.807) is 6.26 Å². The minimum Gasteiger partial charge on any atom is -0.472 e. The van der Waals surface area contributed by atoms with Crippen molar-refractivity contribution in [2.75, 3.05) is 32.8 Å². The molecule has 0 spiro atoms. The first-order chi connectivity index (χ1) is 11.9. The van der Waals surface area contributed by atoms with Gasteiger partial charge in [0.25, 0.3) is 0 Å². The van der Waals surface area contributed by atoms with Gasteiger partial charge in [0.15, 0.2) is 0 Å². The fraction of sp³-hybridized carbons (Fsp3) is 0.526. The molecule has 2 saturated heterocycles. The number of morpholine rings is 1. The number of likely N-dealkylation sites (tertiary alicyclic amines) is 1. The predicted molar refractivity (Wildman–Crippen MR) is 91.6 cm³/mol. The molecule has 0 unspecified atom stereocenters. The Morgan fingerprint density at radius 2 is 1.88 bits per heavy atom. The Morgan fingerprint density at radius 1 is 1.04 bits per heavy atom. The van der Waals surface area contributed by atoms with E-state index in [4.69, 9.17) is 9.15 Å². The molecule has 4 heterocycles. The van der Waals surface area contributed by atoms with Gasteiger partial charge in [-0.1, -0.05) is 0 Å². The van der Waals surface area contributed by atoms with Crippen molar-refractivity contribution in [3.63, 3.8) is 0 Å². The maximum atomic E-state index is 5.55. The van der Waals surface area contributed by atoms with E-state index in [1.165, 1.54) is 17.5 Å². The first kappa shape index (κ1) is 15.8. The summed E-state index contributed by atoms with van der Waals surface area (Å²) in [6, 6.07) is 7.50. The molecule has 128 valence electrons. The molecule has 2 fully saturated rings. The van der Waals surface area contributed by atoms with Crippen molar-refractivity contribution in [2.24, 2.45) is 0 Å². The fourth-order valence-electron chi connectivity index (χ4n) is 4.07. The third-order valence-electron chi connectivity index (χ3n) is 5.30. The number of ether oxygens (including phenoxy) is 1. The van der Waals surface area contributed by atoms with Crippen molar-refractivity contribution in [1.82, 2.24) is 14.8 Å². The summed E-state index contributed by atoms with van der Waals surface area (Å²) < 4.78 is 10.8. The second kappa shape index (κ2) is 7.47. The van der Waals surface area contributed by atoms with E-state index < -0.39 is 0 Å². The van der Waals surface area contributed by atoms with E-state index in [0.29, 0.717) is 12.1 Å². The quantitative estimate of drug-likeness (QED) is 0.842. The number of hydrogen-bond acceptors (Lipinski definition) is 5. The topological polar surface area (TPSA) is 41.7 Å². The molecule has 0 bridgehead atoms. The maximum Gasteiger partial charge on any atom is 0.0947 e. The maximum absolute atomic E-state index is 5.55. The minimum absolute atomic E-state index is 0.528. The lowest BCUT2D eigenvalue weighted by Gasteiger charge is -2.37. The van der Waals surface area contributed by atoms with Crippen molar-refractivity contribution < 1.29 is 9.15 Å². The molecule has 2 aromatic heterocycles. The summed E-state index contributed by atoms with van der Waals surface area (Å²) in [5, 5.41) is 0. The van der Waals surface area contributed by atoms with Crippen molar-refractivity contribution in [1.29, 1.82) is 0 Å². The van der Waals surface area contributed by atoms with Gasteiger partial charge in [0.1, 0.15) is 0 Å². The Kier molecular flexibility index (Phi) is 4.92. The van der Waals surface area contributed by atoms with Crippen LogP contribution in [0.1, 0.15) is 17.5 Å². The SMILES string of the molecule is c1cc(C[C@H]2[C@H](N3CCOCC3)CCN2Cc2ccoc2)ccn1. The number of aromatic nitrogens is 1. The summed E-state index contributed by atoms with van der Waals surface area (Å²) in [6.07, 6.45) is 9.73. The molecule has 0 amide bonds. The predicted octanol–water partition coefficient (Wildman–Crippen LogP) is 2.19. The van der Waals surface area contributed by atoms with Crippen LogP contribution in [0.2, 0.25) is 0 Å².